The largest absolute Gasteiger partial charge is 0.383 e. The molecular weight excluding hydrogens is 242 g/mol. The first-order valence-electron chi connectivity index (χ1n) is 7.42. The molecule has 2 N–H and O–H groups in total. The lowest BCUT2D eigenvalue weighted by Gasteiger charge is -2.24. The van der Waals surface area contributed by atoms with Gasteiger partial charge in [-0.1, -0.05) is 46.5 Å². The maximum atomic E-state index is 12.0. The van der Waals surface area contributed by atoms with Crippen LogP contribution < -0.4 is 5.32 Å². The topological polar surface area (TPSA) is 66.4 Å². The Morgan fingerprint density at radius 1 is 1.11 bits per heavy atom. The lowest BCUT2D eigenvalue weighted by atomic mass is 9.98. The molecule has 0 aromatic rings. The molecule has 0 saturated carbocycles. The third-order valence-electron chi connectivity index (χ3n) is 3.41. The Morgan fingerprint density at radius 2 is 1.74 bits per heavy atom. The molecule has 0 aromatic heterocycles. The molecule has 0 aromatic carbocycles. The van der Waals surface area contributed by atoms with E-state index in [9.17, 15) is 14.7 Å². The highest BCUT2D eigenvalue weighted by atomic mass is 16.3. The van der Waals surface area contributed by atoms with E-state index in [1.165, 1.54) is 6.92 Å². The number of aliphatic hydroxyl groups excluding tert-OH is 1. The van der Waals surface area contributed by atoms with E-state index < -0.39 is 12.1 Å². The van der Waals surface area contributed by atoms with Crippen molar-refractivity contribution in [1.82, 2.24) is 5.32 Å². The number of hydrogen-bond acceptors (Lipinski definition) is 3. The number of unbranched alkanes of at least 4 members (excludes halogenated alkanes) is 2. The summed E-state index contributed by atoms with van der Waals surface area (Å²) in [7, 11) is 0. The Labute approximate surface area is 117 Å². The van der Waals surface area contributed by atoms with Crippen LogP contribution in [0.3, 0.4) is 0 Å². The lowest BCUT2D eigenvalue weighted by molar-refractivity contribution is -0.130. The Bertz CT molecular complexity index is 279. The number of hydrogen-bond donors (Lipinski definition) is 2. The molecule has 1 amide bonds. The monoisotopic (exact) mass is 271 g/mol. The fourth-order valence-corrected chi connectivity index (χ4v) is 2.10. The standard InChI is InChI=1S/C15H29NO3/c1-5-7-8-10-13(14(18)12(4)17)16-15(19)11(3)9-6-2/h11,13-14,18H,5-10H2,1-4H3,(H,16,19). The number of rotatable bonds is 10. The molecule has 112 valence electrons. The molecule has 4 heteroatoms. The molecule has 0 aliphatic rings. The first kappa shape index (κ1) is 18.1. The molecule has 0 aliphatic carbocycles. The zero-order chi connectivity index (χ0) is 14.8. The predicted molar refractivity (Wildman–Crippen MR) is 76.8 cm³/mol. The first-order valence-corrected chi connectivity index (χ1v) is 7.42. The molecule has 0 heterocycles. The third kappa shape index (κ3) is 7.31. The van der Waals surface area contributed by atoms with E-state index >= 15 is 0 Å². The number of nitrogens with one attached hydrogen (secondary N) is 1. The number of carbonyl (C=O) groups excluding carboxylic acids is 2. The van der Waals surface area contributed by atoms with Crippen molar-refractivity contribution in [3.8, 4) is 0 Å². The minimum atomic E-state index is -1.09. The van der Waals surface area contributed by atoms with E-state index in [1.807, 2.05) is 13.8 Å². The third-order valence-corrected chi connectivity index (χ3v) is 3.41. The Balaban J connectivity index is 4.47. The summed E-state index contributed by atoms with van der Waals surface area (Å²) in [5.41, 5.74) is 0. The normalized spacial score (nSPS) is 15.6. The van der Waals surface area contributed by atoms with Crippen molar-refractivity contribution in [2.45, 2.75) is 78.4 Å². The highest BCUT2D eigenvalue weighted by molar-refractivity contribution is 5.83. The number of carbonyl (C=O) groups is 2. The summed E-state index contributed by atoms with van der Waals surface area (Å²) in [5, 5.41) is 12.7. The van der Waals surface area contributed by atoms with Gasteiger partial charge in [-0.15, -0.1) is 0 Å². The predicted octanol–water partition coefficient (Wildman–Crippen LogP) is 2.44. The van der Waals surface area contributed by atoms with Crippen molar-refractivity contribution in [3.05, 3.63) is 0 Å². The molecule has 0 spiro atoms. The fraction of sp³-hybridized carbons (Fsp3) is 0.867. The zero-order valence-corrected chi connectivity index (χ0v) is 12.7. The highest BCUT2D eigenvalue weighted by Gasteiger charge is 2.25. The maximum Gasteiger partial charge on any atom is 0.223 e. The average molecular weight is 271 g/mol. The van der Waals surface area contributed by atoms with Gasteiger partial charge in [0.25, 0.3) is 0 Å². The van der Waals surface area contributed by atoms with Crippen LogP contribution in [0.2, 0.25) is 0 Å². The van der Waals surface area contributed by atoms with E-state index in [0.717, 1.165) is 32.1 Å². The van der Waals surface area contributed by atoms with Crippen molar-refractivity contribution >= 4 is 11.7 Å². The van der Waals surface area contributed by atoms with Crippen molar-refractivity contribution in [3.63, 3.8) is 0 Å². The van der Waals surface area contributed by atoms with Gasteiger partial charge in [0.15, 0.2) is 5.78 Å². The number of aliphatic hydroxyl groups is 1. The quantitative estimate of drug-likeness (QED) is 0.600. The van der Waals surface area contributed by atoms with E-state index in [1.54, 1.807) is 0 Å². The van der Waals surface area contributed by atoms with Crippen LogP contribution in [-0.2, 0) is 9.59 Å². The SMILES string of the molecule is CCCCCC(NC(=O)C(C)CCC)C(O)C(C)=O. The Hall–Kier alpha value is -0.900. The number of Topliss-reactive ketones (excluding diaryl/α,β-unsaturated/α-hetero) is 1. The minimum Gasteiger partial charge on any atom is -0.383 e. The van der Waals surface area contributed by atoms with Crippen LogP contribution in [0.25, 0.3) is 0 Å². The van der Waals surface area contributed by atoms with Crippen LogP contribution in [0.5, 0.6) is 0 Å². The molecule has 0 aliphatic heterocycles. The molecule has 0 rings (SSSR count). The molecule has 3 unspecified atom stereocenters. The smallest absolute Gasteiger partial charge is 0.223 e. The summed E-state index contributed by atoms with van der Waals surface area (Å²) in [5.74, 6) is -0.425. The van der Waals surface area contributed by atoms with Gasteiger partial charge >= 0.3 is 0 Å². The van der Waals surface area contributed by atoms with E-state index in [-0.39, 0.29) is 17.6 Å². The average Bonchev–Trinajstić information content (AvgIpc) is 2.36. The lowest BCUT2D eigenvalue weighted by Crippen LogP contribution is -2.47. The van der Waals surface area contributed by atoms with Crippen molar-refractivity contribution < 1.29 is 14.7 Å². The summed E-state index contributed by atoms with van der Waals surface area (Å²) in [6.07, 6.45) is 4.36. The Kier molecular flexibility index (Phi) is 9.48. The minimum absolute atomic E-state index is 0.0661. The van der Waals surface area contributed by atoms with Crippen LogP contribution in [0, 0.1) is 5.92 Å². The summed E-state index contributed by atoms with van der Waals surface area (Å²) in [4.78, 5) is 23.3. The summed E-state index contributed by atoms with van der Waals surface area (Å²) in [6, 6.07) is -0.448. The van der Waals surface area contributed by atoms with Gasteiger partial charge in [-0.05, 0) is 19.8 Å². The number of amides is 1. The Morgan fingerprint density at radius 3 is 2.21 bits per heavy atom. The van der Waals surface area contributed by atoms with Gasteiger partial charge in [0.1, 0.15) is 6.10 Å². The second-order valence-electron chi connectivity index (χ2n) is 5.36. The molecule has 0 bridgehead atoms. The second kappa shape index (κ2) is 9.96. The van der Waals surface area contributed by atoms with Gasteiger partial charge in [0.2, 0.25) is 5.91 Å². The summed E-state index contributed by atoms with van der Waals surface area (Å²) in [6.45, 7) is 7.37. The molecule has 0 fully saturated rings. The van der Waals surface area contributed by atoms with E-state index in [2.05, 4.69) is 12.2 Å². The highest BCUT2D eigenvalue weighted by Crippen LogP contribution is 2.11. The van der Waals surface area contributed by atoms with Crippen LogP contribution in [-0.4, -0.2) is 28.9 Å². The molecule has 3 atom stereocenters. The molecule has 0 radical (unpaired) electrons. The first-order chi connectivity index (χ1) is 8.93. The van der Waals surface area contributed by atoms with Gasteiger partial charge < -0.3 is 10.4 Å². The van der Waals surface area contributed by atoms with Crippen molar-refractivity contribution in [2.75, 3.05) is 0 Å². The van der Waals surface area contributed by atoms with Gasteiger partial charge in [0, 0.05) is 5.92 Å². The fourth-order valence-electron chi connectivity index (χ4n) is 2.10. The van der Waals surface area contributed by atoms with Crippen molar-refractivity contribution in [1.29, 1.82) is 0 Å². The van der Waals surface area contributed by atoms with Crippen LogP contribution in [0.1, 0.15) is 66.2 Å². The molecule has 4 nitrogen and oxygen atoms in total. The summed E-state index contributed by atoms with van der Waals surface area (Å²) < 4.78 is 0. The van der Waals surface area contributed by atoms with Gasteiger partial charge in [-0.25, -0.2) is 0 Å². The maximum absolute atomic E-state index is 12.0. The van der Waals surface area contributed by atoms with Crippen LogP contribution in [0.15, 0.2) is 0 Å². The number of ketones is 1. The van der Waals surface area contributed by atoms with Gasteiger partial charge in [-0.2, -0.15) is 0 Å². The van der Waals surface area contributed by atoms with Crippen molar-refractivity contribution in [2.24, 2.45) is 5.92 Å². The molecule has 19 heavy (non-hydrogen) atoms. The summed E-state index contributed by atoms with van der Waals surface area (Å²) >= 11 is 0. The van der Waals surface area contributed by atoms with E-state index in [4.69, 9.17) is 0 Å². The van der Waals surface area contributed by atoms with Crippen LogP contribution >= 0.6 is 0 Å². The van der Waals surface area contributed by atoms with Gasteiger partial charge in [0.05, 0.1) is 6.04 Å². The van der Waals surface area contributed by atoms with Gasteiger partial charge in [-0.3, -0.25) is 9.59 Å². The molecule has 0 saturated heterocycles. The zero-order valence-electron chi connectivity index (χ0n) is 12.7. The molecular formula is C15H29NO3. The second-order valence-corrected chi connectivity index (χ2v) is 5.36. The van der Waals surface area contributed by atoms with Crippen LogP contribution in [0.4, 0.5) is 0 Å². The van der Waals surface area contributed by atoms with E-state index in [0.29, 0.717) is 6.42 Å².